The molecule has 1 heterocycles. The Hall–Kier alpha value is -2.71. The highest BCUT2D eigenvalue weighted by Crippen LogP contribution is 2.33. The molecule has 0 radical (unpaired) electrons. The van der Waals surface area contributed by atoms with Gasteiger partial charge in [0.25, 0.3) is 0 Å². The average Bonchev–Trinajstić information content (AvgIpc) is 3.25. The molecule has 0 aliphatic carbocycles. The van der Waals surface area contributed by atoms with E-state index < -0.39 is 12.7 Å². The highest BCUT2D eigenvalue weighted by atomic mass is 19.3. The van der Waals surface area contributed by atoms with Crippen molar-refractivity contribution in [2.45, 2.75) is 32.2 Å². The van der Waals surface area contributed by atoms with Gasteiger partial charge in [-0.1, -0.05) is 42.5 Å². The smallest absolute Gasteiger partial charge is 0.387 e. The molecule has 3 atom stereocenters. The zero-order chi connectivity index (χ0) is 22.1. The van der Waals surface area contributed by atoms with E-state index in [0.717, 1.165) is 13.0 Å². The fourth-order valence-corrected chi connectivity index (χ4v) is 3.58. The number of benzene rings is 2. The molecule has 0 saturated carbocycles. The Labute approximate surface area is 181 Å². The molecule has 1 aliphatic heterocycles. The van der Waals surface area contributed by atoms with E-state index in [9.17, 15) is 13.9 Å². The van der Waals surface area contributed by atoms with Gasteiger partial charge in [0.05, 0.1) is 18.8 Å². The van der Waals surface area contributed by atoms with E-state index >= 15 is 0 Å². The van der Waals surface area contributed by atoms with Gasteiger partial charge in [-0.2, -0.15) is 8.78 Å². The zero-order valence-electron chi connectivity index (χ0n) is 17.5. The molecule has 2 aromatic rings. The van der Waals surface area contributed by atoms with E-state index in [1.54, 1.807) is 12.1 Å². The van der Waals surface area contributed by atoms with Crippen molar-refractivity contribution in [1.82, 2.24) is 10.6 Å². The molecule has 168 valence electrons. The lowest BCUT2D eigenvalue weighted by Gasteiger charge is -2.21. The van der Waals surface area contributed by atoms with Crippen LogP contribution in [0.4, 0.5) is 8.78 Å². The summed E-state index contributed by atoms with van der Waals surface area (Å²) in [5.74, 6) is 0.979. The molecule has 6 nitrogen and oxygen atoms in total. The maximum Gasteiger partial charge on any atom is 0.387 e. The number of alkyl halides is 2. The number of rotatable bonds is 9. The molecule has 0 spiro atoms. The van der Waals surface area contributed by atoms with Gasteiger partial charge in [-0.25, -0.2) is 0 Å². The molecule has 8 heteroatoms. The third-order valence-electron chi connectivity index (χ3n) is 5.13. The minimum Gasteiger partial charge on any atom is -0.435 e. The first-order valence-corrected chi connectivity index (χ1v) is 10.5. The van der Waals surface area contributed by atoms with Crippen LogP contribution >= 0.6 is 0 Å². The van der Waals surface area contributed by atoms with Crippen molar-refractivity contribution in [3.63, 3.8) is 0 Å². The Morgan fingerprint density at radius 1 is 1.16 bits per heavy atom. The summed E-state index contributed by atoms with van der Waals surface area (Å²) in [7, 11) is 0. The van der Waals surface area contributed by atoms with Gasteiger partial charge in [-0.3, -0.25) is 4.99 Å². The summed E-state index contributed by atoms with van der Waals surface area (Å²) >= 11 is 0. The molecule has 2 aromatic carbocycles. The van der Waals surface area contributed by atoms with Gasteiger partial charge >= 0.3 is 6.61 Å². The molecule has 1 saturated heterocycles. The fourth-order valence-electron chi connectivity index (χ4n) is 3.58. The maximum absolute atomic E-state index is 12.3. The van der Waals surface area contributed by atoms with Gasteiger partial charge in [0, 0.05) is 25.6 Å². The highest BCUT2D eigenvalue weighted by molar-refractivity contribution is 5.79. The van der Waals surface area contributed by atoms with Crippen molar-refractivity contribution in [2.75, 3.05) is 26.2 Å². The predicted molar refractivity (Wildman–Crippen MR) is 115 cm³/mol. The molecule has 0 aromatic heterocycles. The molecular weight excluding hydrogens is 404 g/mol. The highest BCUT2D eigenvalue weighted by Gasteiger charge is 2.29. The molecule has 0 bridgehead atoms. The van der Waals surface area contributed by atoms with E-state index in [4.69, 9.17) is 4.74 Å². The van der Waals surface area contributed by atoms with Crippen molar-refractivity contribution < 1.29 is 23.4 Å². The van der Waals surface area contributed by atoms with E-state index in [0.29, 0.717) is 30.5 Å². The number of aliphatic hydroxyl groups excluding tert-OH is 1. The number of halogens is 2. The maximum atomic E-state index is 12.3. The van der Waals surface area contributed by atoms with Gasteiger partial charge in [-0.05, 0) is 36.6 Å². The lowest BCUT2D eigenvalue weighted by atomic mass is 9.95. The summed E-state index contributed by atoms with van der Waals surface area (Å²) in [5.41, 5.74) is 1.75. The summed E-state index contributed by atoms with van der Waals surface area (Å²) in [6, 6.07) is 16.1. The van der Waals surface area contributed by atoms with Crippen LogP contribution in [0.3, 0.4) is 0 Å². The number of nitrogens with one attached hydrogen (secondary N) is 2. The van der Waals surface area contributed by atoms with Gasteiger partial charge in [0.1, 0.15) is 5.75 Å². The number of aliphatic imine (C=N–C) groups is 1. The minimum absolute atomic E-state index is 0.0520. The number of aliphatic hydroxyl groups is 1. The van der Waals surface area contributed by atoms with Crippen molar-refractivity contribution >= 4 is 5.96 Å². The first kappa shape index (κ1) is 23.0. The summed E-state index contributed by atoms with van der Waals surface area (Å²) in [6.07, 6.45) is 0.154. The van der Waals surface area contributed by atoms with E-state index in [1.807, 2.05) is 25.1 Å². The quantitative estimate of drug-likeness (QED) is 0.416. The minimum atomic E-state index is -2.87. The lowest BCUT2D eigenvalue weighted by molar-refractivity contribution is -0.0498. The van der Waals surface area contributed by atoms with Crippen LogP contribution in [0.1, 0.15) is 36.7 Å². The van der Waals surface area contributed by atoms with Crippen molar-refractivity contribution in [2.24, 2.45) is 10.9 Å². The molecule has 3 unspecified atom stereocenters. The second kappa shape index (κ2) is 11.6. The molecule has 1 aliphatic rings. The number of hydrogen-bond donors (Lipinski definition) is 3. The molecular formula is C23H29F2N3O3. The lowest BCUT2D eigenvalue weighted by Crippen LogP contribution is -2.40. The number of ether oxygens (including phenoxy) is 2. The third-order valence-corrected chi connectivity index (χ3v) is 5.13. The predicted octanol–water partition coefficient (Wildman–Crippen LogP) is 3.65. The van der Waals surface area contributed by atoms with Crippen LogP contribution in [0.2, 0.25) is 0 Å². The Morgan fingerprint density at radius 3 is 2.58 bits per heavy atom. The van der Waals surface area contributed by atoms with Crippen LogP contribution in [-0.4, -0.2) is 43.9 Å². The fraction of sp³-hybridized carbons (Fsp3) is 0.435. The molecule has 1 fully saturated rings. The van der Waals surface area contributed by atoms with E-state index in [2.05, 4.69) is 32.5 Å². The Bertz CT molecular complexity index is 819. The largest absolute Gasteiger partial charge is 0.435 e. The van der Waals surface area contributed by atoms with Gasteiger partial charge in [0.2, 0.25) is 0 Å². The summed E-state index contributed by atoms with van der Waals surface area (Å²) in [4.78, 5) is 4.47. The van der Waals surface area contributed by atoms with Crippen LogP contribution in [0.5, 0.6) is 5.75 Å². The second-order valence-corrected chi connectivity index (χ2v) is 7.31. The van der Waals surface area contributed by atoms with Crippen LogP contribution in [0.15, 0.2) is 59.6 Å². The SMILES string of the molecule is CCNC(=NCC(O)c1ccc(OC(F)F)cc1)NCC1CCOC1c1ccccc1. The number of hydrogen-bond acceptors (Lipinski definition) is 4. The number of guanidine groups is 1. The summed E-state index contributed by atoms with van der Waals surface area (Å²) in [5, 5.41) is 16.9. The normalized spacial score (nSPS) is 20.0. The first-order chi connectivity index (χ1) is 15.1. The van der Waals surface area contributed by atoms with Crippen LogP contribution in [0.25, 0.3) is 0 Å². The standard InChI is InChI=1S/C23H29F2N3O3/c1-2-26-23(27-14-18-12-13-30-21(18)17-6-4-3-5-7-17)28-15-20(29)16-8-10-19(11-9-16)31-22(24)25/h3-11,18,20-22,29H,2,12-15H2,1H3,(H2,26,27,28). The Morgan fingerprint density at radius 2 is 1.90 bits per heavy atom. The molecule has 3 N–H and O–H groups in total. The second-order valence-electron chi connectivity index (χ2n) is 7.31. The topological polar surface area (TPSA) is 75.1 Å². The van der Waals surface area contributed by atoms with Crippen molar-refractivity contribution in [1.29, 1.82) is 0 Å². The summed E-state index contributed by atoms with van der Waals surface area (Å²) in [6.45, 7) is 1.34. The number of nitrogens with zero attached hydrogens (tertiary/aromatic N) is 1. The average molecular weight is 433 g/mol. The molecule has 31 heavy (non-hydrogen) atoms. The Balaban J connectivity index is 1.56. The van der Waals surface area contributed by atoms with E-state index in [1.165, 1.54) is 17.7 Å². The van der Waals surface area contributed by atoms with Crippen LogP contribution in [-0.2, 0) is 4.74 Å². The Kier molecular flexibility index (Phi) is 8.61. The molecule has 0 amide bonds. The third kappa shape index (κ3) is 6.90. The van der Waals surface area contributed by atoms with Crippen LogP contribution < -0.4 is 15.4 Å². The van der Waals surface area contributed by atoms with Gasteiger partial charge in [0.15, 0.2) is 5.96 Å². The zero-order valence-corrected chi connectivity index (χ0v) is 17.5. The van der Waals surface area contributed by atoms with Crippen LogP contribution in [0, 0.1) is 5.92 Å². The first-order valence-electron chi connectivity index (χ1n) is 10.5. The molecule has 3 rings (SSSR count). The van der Waals surface area contributed by atoms with Crippen molar-refractivity contribution in [3.8, 4) is 5.75 Å². The van der Waals surface area contributed by atoms with Gasteiger partial charge < -0.3 is 25.2 Å². The monoisotopic (exact) mass is 433 g/mol. The van der Waals surface area contributed by atoms with Gasteiger partial charge in [-0.15, -0.1) is 0 Å². The summed E-state index contributed by atoms with van der Waals surface area (Å²) < 4.78 is 34.8. The van der Waals surface area contributed by atoms with Crippen molar-refractivity contribution in [3.05, 3.63) is 65.7 Å². The van der Waals surface area contributed by atoms with E-state index in [-0.39, 0.29) is 18.4 Å².